The number of hydrogen-bond donors (Lipinski definition) is 3. The highest BCUT2D eigenvalue weighted by molar-refractivity contribution is 5.85. The Morgan fingerprint density at radius 1 is 1.07 bits per heavy atom. The molecule has 0 radical (unpaired) electrons. The van der Waals surface area contributed by atoms with Gasteiger partial charge in [-0.2, -0.15) is 0 Å². The van der Waals surface area contributed by atoms with Crippen LogP contribution >= 0.6 is 0 Å². The number of nitrogens with one attached hydrogen (secondary N) is 3. The predicted octanol–water partition coefficient (Wildman–Crippen LogP) is 1.63. The lowest BCUT2D eigenvalue weighted by Crippen LogP contribution is -2.44. The minimum absolute atomic E-state index is 0.0307. The van der Waals surface area contributed by atoms with Gasteiger partial charge in [0, 0.05) is 25.0 Å². The molecule has 1 saturated carbocycles. The average molecular weight is 410 g/mol. The molecule has 3 N–H and O–H groups in total. The molecule has 2 heterocycles. The predicted molar refractivity (Wildman–Crippen MR) is 109 cm³/mol. The molecule has 8 nitrogen and oxygen atoms in total. The van der Waals surface area contributed by atoms with Crippen LogP contribution < -0.4 is 16.0 Å². The van der Waals surface area contributed by atoms with Crippen molar-refractivity contribution in [2.75, 3.05) is 13.1 Å². The second-order valence-electron chi connectivity index (χ2n) is 7.92. The third-order valence-corrected chi connectivity index (χ3v) is 5.79. The van der Waals surface area contributed by atoms with Gasteiger partial charge in [0.05, 0.1) is 12.8 Å². The fraction of sp³-hybridized carbons (Fsp3) is 0.409. The SMILES string of the molecule is O=C1CN(C(=O)NCc2ccccc2)C[C@H]2C[C@H](C(=O)NCc3ccco3)C[C@H]2N1. The van der Waals surface area contributed by atoms with Gasteiger partial charge in [0.15, 0.2) is 0 Å². The fourth-order valence-corrected chi connectivity index (χ4v) is 4.26. The number of rotatable bonds is 5. The summed E-state index contributed by atoms with van der Waals surface area (Å²) in [5.74, 6) is 0.328. The Hall–Kier alpha value is -3.29. The number of nitrogens with zero attached hydrogens (tertiary/aromatic N) is 1. The molecule has 0 unspecified atom stereocenters. The Labute approximate surface area is 175 Å². The van der Waals surface area contributed by atoms with Gasteiger partial charge in [-0.15, -0.1) is 0 Å². The van der Waals surface area contributed by atoms with E-state index < -0.39 is 0 Å². The third kappa shape index (κ3) is 4.82. The number of benzene rings is 1. The zero-order chi connectivity index (χ0) is 20.9. The number of hydrogen-bond acceptors (Lipinski definition) is 4. The first kappa shape index (κ1) is 20.0. The van der Waals surface area contributed by atoms with Crippen molar-refractivity contribution in [1.82, 2.24) is 20.9 Å². The van der Waals surface area contributed by atoms with Crippen molar-refractivity contribution in [2.45, 2.75) is 32.0 Å². The number of urea groups is 1. The molecule has 158 valence electrons. The van der Waals surface area contributed by atoms with Gasteiger partial charge in [-0.3, -0.25) is 9.59 Å². The van der Waals surface area contributed by atoms with Gasteiger partial charge in [0.2, 0.25) is 11.8 Å². The van der Waals surface area contributed by atoms with Crippen LogP contribution in [0.25, 0.3) is 0 Å². The number of fused-ring (bicyclic) bond motifs is 1. The first-order valence-electron chi connectivity index (χ1n) is 10.2. The molecule has 2 aromatic rings. The van der Waals surface area contributed by atoms with E-state index in [-0.39, 0.29) is 42.3 Å². The van der Waals surface area contributed by atoms with Crippen LogP contribution in [0.3, 0.4) is 0 Å². The molecule has 30 heavy (non-hydrogen) atoms. The minimum atomic E-state index is -0.264. The standard InChI is InChI=1S/C22H26N4O4/c27-20-14-26(22(29)24-11-15-5-2-1-3-6-15)13-17-9-16(10-19(17)25-20)21(28)23-12-18-7-4-8-30-18/h1-8,16-17,19H,9-14H2,(H,23,28)(H,24,29)(H,25,27)/t16-,17+,19+/m0/s1. The fourth-order valence-electron chi connectivity index (χ4n) is 4.26. The Morgan fingerprint density at radius 3 is 2.67 bits per heavy atom. The smallest absolute Gasteiger partial charge is 0.318 e. The quantitative estimate of drug-likeness (QED) is 0.697. The molecule has 1 aromatic carbocycles. The van der Waals surface area contributed by atoms with Crippen LogP contribution in [0.2, 0.25) is 0 Å². The van der Waals surface area contributed by atoms with Gasteiger partial charge < -0.3 is 25.3 Å². The number of furan rings is 1. The van der Waals surface area contributed by atoms with Crippen molar-refractivity contribution >= 4 is 17.8 Å². The van der Waals surface area contributed by atoms with E-state index in [0.29, 0.717) is 38.2 Å². The summed E-state index contributed by atoms with van der Waals surface area (Å²) in [5, 5.41) is 8.78. The number of amides is 4. The highest BCUT2D eigenvalue weighted by Crippen LogP contribution is 2.33. The van der Waals surface area contributed by atoms with Gasteiger partial charge in [-0.1, -0.05) is 30.3 Å². The topological polar surface area (TPSA) is 104 Å². The van der Waals surface area contributed by atoms with E-state index in [0.717, 1.165) is 5.56 Å². The van der Waals surface area contributed by atoms with Crippen molar-refractivity contribution in [2.24, 2.45) is 11.8 Å². The summed E-state index contributed by atoms with van der Waals surface area (Å²) in [6, 6.07) is 12.9. The van der Waals surface area contributed by atoms with E-state index in [1.807, 2.05) is 36.4 Å². The summed E-state index contributed by atoms with van der Waals surface area (Å²) in [5.41, 5.74) is 0.997. The minimum Gasteiger partial charge on any atom is -0.467 e. The molecule has 1 aromatic heterocycles. The summed E-state index contributed by atoms with van der Waals surface area (Å²) in [6.45, 7) is 1.23. The Kier molecular flexibility index (Phi) is 6.02. The van der Waals surface area contributed by atoms with E-state index in [1.165, 1.54) is 0 Å². The average Bonchev–Trinajstić information content (AvgIpc) is 3.38. The molecular weight excluding hydrogens is 384 g/mol. The van der Waals surface area contributed by atoms with Crippen molar-refractivity contribution in [1.29, 1.82) is 0 Å². The Morgan fingerprint density at radius 2 is 1.90 bits per heavy atom. The molecule has 4 amide bonds. The molecule has 2 aliphatic rings. The lowest BCUT2D eigenvalue weighted by Gasteiger charge is -2.23. The largest absolute Gasteiger partial charge is 0.467 e. The normalized spacial score (nSPS) is 23.3. The van der Waals surface area contributed by atoms with Crippen molar-refractivity contribution in [3.8, 4) is 0 Å². The molecule has 3 atom stereocenters. The third-order valence-electron chi connectivity index (χ3n) is 5.79. The highest BCUT2D eigenvalue weighted by Gasteiger charge is 2.42. The van der Waals surface area contributed by atoms with Crippen LogP contribution in [0, 0.1) is 11.8 Å². The van der Waals surface area contributed by atoms with Gasteiger partial charge in [0.25, 0.3) is 0 Å². The van der Waals surface area contributed by atoms with Crippen LogP contribution in [0.5, 0.6) is 0 Å². The molecule has 1 saturated heterocycles. The van der Waals surface area contributed by atoms with E-state index in [9.17, 15) is 14.4 Å². The second kappa shape index (κ2) is 9.02. The zero-order valence-electron chi connectivity index (χ0n) is 16.7. The molecular formula is C22H26N4O4. The van der Waals surface area contributed by atoms with Gasteiger partial charge in [-0.05, 0) is 36.5 Å². The second-order valence-corrected chi connectivity index (χ2v) is 7.92. The van der Waals surface area contributed by atoms with Gasteiger partial charge in [0.1, 0.15) is 12.3 Å². The van der Waals surface area contributed by atoms with Crippen LogP contribution in [-0.4, -0.2) is 41.9 Å². The first-order chi connectivity index (χ1) is 14.6. The highest BCUT2D eigenvalue weighted by atomic mass is 16.3. The monoisotopic (exact) mass is 410 g/mol. The van der Waals surface area contributed by atoms with Gasteiger partial charge in [-0.25, -0.2) is 4.79 Å². The number of carbonyl (C=O) groups is 3. The molecule has 0 spiro atoms. The van der Waals surface area contributed by atoms with Crippen LogP contribution in [0.15, 0.2) is 53.1 Å². The van der Waals surface area contributed by atoms with E-state index in [2.05, 4.69) is 16.0 Å². The number of carbonyl (C=O) groups excluding carboxylic acids is 3. The van der Waals surface area contributed by atoms with Crippen molar-refractivity contribution in [3.05, 3.63) is 60.1 Å². The summed E-state index contributed by atoms with van der Waals surface area (Å²) in [6.07, 6.45) is 2.79. The summed E-state index contributed by atoms with van der Waals surface area (Å²) < 4.78 is 5.24. The first-order valence-corrected chi connectivity index (χ1v) is 10.2. The molecule has 8 heteroatoms. The molecule has 2 fully saturated rings. The molecule has 1 aliphatic heterocycles. The molecule has 1 aliphatic carbocycles. The summed E-state index contributed by atoms with van der Waals surface area (Å²) in [7, 11) is 0. The Balaban J connectivity index is 1.32. The van der Waals surface area contributed by atoms with Crippen LogP contribution in [0.1, 0.15) is 24.2 Å². The van der Waals surface area contributed by atoms with E-state index >= 15 is 0 Å². The van der Waals surface area contributed by atoms with E-state index in [4.69, 9.17) is 4.42 Å². The lowest BCUT2D eigenvalue weighted by atomic mass is 10.0. The van der Waals surface area contributed by atoms with Crippen LogP contribution in [-0.2, 0) is 22.7 Å². The maximum atomic E-state index is 12.7. The summed E-state index contributed by atoms with van der Waals surface area (Å²) in [4.78, 5) is 39.1. The molecule has 4 rings (SSSR count). The van der Waals surface area contributed by atoms with Crippen molar-refractivity contribution < 1.29 is 18.8 Å². The Bertz CT molecular complexity index is 884. The maximum absolute atomic E-state index is 12.7. The van der Waals surface area contributed by atoms with E-state index in [1.54, 1.807) is 17.2 Å². The van der Waals surface area contributed by atoms with Crippen LogP contribution in [0.4, 0.5) is 4.79 Å². The zero-order valence-corrected chi connectivity index (χ0v) is 16.7. The lowest BCUT2D eigenvalue weighted by molar-refractivity contribution is -0.126. The van der Waals surface area contributed by atoms with Gasteiger partial charge >= 0.3 is 6.03 Å². The molecule has 0 bridgehead atoms. The summed E-state index contributed by atoms with van der Waals surface area (Å²) >= 11 is 0. The van der Waals surface area contributed by atoms with Crippen molar-refractivity contribution in [3.63, 3.8) is 0 Å². The maximum Gasteiger partial charge on any atom is 0.318 e.